The third-order valence-corrected chi connectivity index (χ3v) is 3.81. The van der Waals surface area contributed by atoms with Crippen LogP contribution in [0.4, 0.5) is 0 Å². The third-order valence-electron chi connectivity index (χ3n) is 3.81. The van der Waals surface area contributed by atoms with Gasteiger partial charge in [0.2, 0.25) is 5.88 Å². The highest BCUT2D eigenvalue weighted by atomic mass is 16.5. The zero-order valence-electron chi connectivity index (χ0n) is 12.6. The number of hydrogen-bond donors (Lipinski definition) is 0. The van der Waals surface area contributed by atoms with E-state index in [1.807, 2.05) is 6.07 Å². The Bertz CT molecular complexity index is 719. The molecule has 2 aromatic heterocycles. The summed E-state index contributed by atoms with van der Waals surface area (Å²) in [4.78, 5) is 13.3. The van der Waals surface area contributed by atoms with Gasteiger partial charge >= 0.3 is 0 Å². The molecule has 1 aliphatic carbocycles. The minimum Gasteiger partial charge on any atom is -0.479 e. The Morgan fingerprint density at radius 3 is 2.71 bits per heavy atom. The van der Waals surface area contributed by atoms with Crippen LogP contribution in [0.25, 0.3) is 11.0 Å². The third kappa shape index (κ3) is 2.66. The smallest absolute Gasteiger partial charge is 0.242 e. The lowest BCUT2D eigenvalue weighted by Crippen LogP contribution is -2.05. The van der Waals surface area contributed by atoms with Crippen LogP contribution in [-0.2, 0) is 0 Å². The molecule has 0 amide bonds. The average Bonchev–Trinajstić information content (AvgIpc) is 2.53. The number of pyridine rings is 1. The van der Waals surface area contributed by atoms with E-state index in [4.69, 9.17) is 4.74 Å². The molecule has 1 unspecified atom stereocenters. The van der Waals surface area contributed by atoms with Crippen LogP contribution in [0.5, 0.6) is 5.88 Å². The number of hydrogen-bond acceptors (Lipinski definition) is 4. The predicted octanol–water partition coefficient (Wildman–Crippen LogP) is 3.66. The summed E-state index contributed by atoms with van der Waals surface area (Å²) in [7, 11) is 1.62. The van der Waals surface area contributed by atoms with Gasteiger partial charge in [-0.1, -0.05) is 32.1 Å². The maximum atomic E-state index is 5.37. The van der Waals surface area contributed by atoms with Gasteiger partial charge in [0.05, 0.1) is 18.3 Å². The van der Waals surface area contributed by atoms with Crippen molar-refractivity contribution in [3.05, 3.63) is 48.0 Å². The van der Waals surface area contributed by atoms with Gasteiger partial charge in [-0.15, -0.1) is 0 Å². The molecule has 0 saturated carbocycles. The summed E-state index contributed by atoms with van der Waals surface area (Å²) >= 11 is 0. The summed E-state index contributed by atoms with van der Waals surface area (Å²) in [6, 6.07) is 2.01. The molecule has 0 bridgehead atoms. The first kappa shape index (κ1) is 13.7. The van der Waals surface area contributed by atoms with Gasteiger partial charge in [0.25, 0.3) is 0 Å². The molecule has 108 valence electrons. The van der Waals surface area contributed by atoms with E-state index in [9.17, 15) is 0 Å². The number of ether oxygens (including phenoxy) is 1. The molecule has 0 fully saturated rings. The molecular formula is C17H19N3O. The number of fused-ring (bicyclic) bond motifs is 1. The molecule has 1 atom stereocenters. The van der Waals surface area contributed by atoms with Gasteiger partial charge in [-0.2, -0.15) is 0 Å². The van der Waals surface area contributed by atoms with Crippen LogP contribution in [0.15, 0.2) is 42.3 Å². The summed E-state index contributed by atoms with van der Waals surface area (Å²) in [6.07, 6.45) is 11.0. The molecule has 3 rings (SSSR count). The largest absolute Gasteiger partial charge is 0.479 e. The van der Waals surface area contributed by atoms with Crippen LogP contribution in [0.3, 0.4) is 0 Å². The number of allylic oxidation sites excluding steroid dienone is 4. The van der Waals surface area contributed by atoms with Crippen LogP contribution in [0, 0.1) is 5.92 Å². The lowest BCUT2D eigenvalue weighted by atomic mass is 9.89. The zero-order chi connectivity index (χ0) is 14.8. The highest BCUT2D eigenvalue weighted by molar-refractivity contribution is 5.79. The maximum Gasteiger partial charge on any atom is 0.242 e. The highest BCUT2D eigenvalue weighted by Crippen LogP contribution is 2.31. The van der Waals surface area contributed by atoms with Crippen molar-refractivity contribution in [1.29, 1.82) is 0 Å². The number of nitrogens with zero attached hydrogens (tertiary/aromatic N) is 3. The molecule has 21 heavy (non-hydrogen) atoms. The van der Waals surface area contributed by atoms with Gasteiger partial charge in [0.1, 0.15) is 0 Å². The molecule has 2 aromatic rings. The van der Waals surface area contributed by atoms with Crippen molar-refractivity contribution in [3.8, 4) is 5.88 Å². The summed E-state index contributed by atoms with van der Waals surface area (Å²) in [5.74, 6) is 1.38. The summed E-state index contributed by atoms with van der Waals surface area (Å²) in [5.41, 5.74) is 3.90. The van der Waals surface area contributed by atoms with Crippen LogP contribution in [-0.4, -0.2) is 22.1 Å². The van der Waals surface area contributed by atoms with Crippen molar-refractivity contribution in [1.82, 2.24) is 15.0 Å². The van der Waals surface area contributed by atoms with Crippen molar-refractivity contribution >= 4 is 11.0 Å². The molecule has 4 nitrogen and oxygen atoms in total. The van der Waals surface area contributed by atoms with Crippen LogP contribution in [0.1, 0.15) is 31.9 Å². The fraction of sp³-hybridized carbons (Fsp3) is 0.353. The van der Waals surface area contributed by atoms with Gasteiger partial charge in [0, 0.05) is 18.3 Å². The van der Waals surface area contributed by atoms with Crippen LogP contribution < -0.4 is 4.74 Å². The van der Waals surface area contributed by atoms with Crippen LogP contribution in [0.2, 0.25) is 0 Å². The quantitative estimate of drug-likeness (QED) is 0.861. The summed E-state index contributed by atoms with van der Waals surface area (Å²) in [6.45, 7) is 4.42. The van der Waals surface area contributed by atoms with Crippen LogP contribution >= 0.6 is 0 Å². The van der Waals surface area contributed by atoms with Gasteiger partial charge in [-0.05, 0) is 24.0 Å². The Hall–Kier alpha value is -2.23. The number of methoxy groups -OCH3 is 1. The Balaban J connectivity index is 1.97. The molecule has 0 saturated heterocycles. The number of aromatic nitrogens is 3. The highest BCUT2D eigenvalue weighted by Gasteiger charge is 2.17. The fourth-order valence-corrected chi connectivity index (χ4v) is 2.58. The molecule has 0 N–H and O–H groups in total. The molecule has 2 heterocycles. The molecule has 4 heteroatoms. The van der Waals surface area contributed by atoms with E-state index in [1.54, 1.807) is 19.5 Å². The van der Waals surface area contributed by atoms with Gasteiger partial charge in [-0.3, -0.25) is 4.98 Å². The average molecular weight is 281 g/mol. The summed E-state index contributed by atoms with van der Waals surface area (Å²) in [5, 5.41) is 0. The van der Waals surface area contributed by atoms with E-state index in [1.165, 1.54) is 5.57 Å². The molecule has 0 radical (unpaired) electrons. The predicted molar refractivity (Wildman–Crippen MR) is 83.3 cm³/mol. The Morgan fingerprint density at radius 2 is 2.05 bits per heavy atom. The SMILES string of the molecule is COc1nc(C2C=CC(C(C)C)=CC2)cc2nccnc12. The molecular weight excluding hydrogens is 262 g/mol. The van der Waals surface area contributed by atoms with E-state index >= 15 is 0 Å². The Morgan fingerprint density at radius 1 is 1.24 bits per heavy atom. The Kier molecular flexibility index (Phi) is 3.69. The minimum absolute atomic E-state index is 0.271. The van der Waals surface area contributed by atoms with E-state index in [0.717, 1.165) is 17.6 Å². The van der Waals surface area contributed by atoms with Gasteiger partial charge in [-0.25, -0.2) is 9.97 Å². The first-order valence-corrected chi connectivity index (χ1v) is 7.23. The summed E-state index contributed by atoms with van der Waals surface area (Å²) < 4.78 is 5.37. The lowest BCUT2D eigenvalue weighted by molar-refractivity contribution is 0.400. The van der Waals surface area contributed by atoms with E-state index in [0.29, 0.717) is 17.3 Å². The molecule has 1 aliphatic rings. The second kappa shape index (κ2) is 5.64. The van der Waals surface area contributed by atoms with Crippen molar-refractivity contribution in [3.63, 3.8) is 0 Å². The van der Waals surface area contributed by atoms with Crippen molar-refractivity contribution < 1.29 is 4.74 Å². The topological polar surface area (TPSA) is 47.9 Å². The second-order valence-electron chi connectivity index (χ2n) is 5.54. The normalized spacial score (nSPS) is 18.1. The molecule has 0 aromatic carbocycles. The van der Waals surface area contributed by atoms with Gasteiger partial charge < -0.3 is 4.74 Å². The monoisotopic (exact) mass is 281 g/mol. The van der Waals surface area contributed by atoms with E-state index < -0.39 is 0 Å². The van der Waals surface area contributed by atoms with E-state index in [2.05, 4.69) is 47.0 Å². The number of rotatable bonds is 3. The van der Waals surface area contributed by atoms with Crippen molar-refractivity contribution in [2.75, 3.05) is 7.11 Å². The van der Waals surface area contributed by atoms with Crippen molar-refractivity contribution in [2.24, 2.45) is 5.92 Å². The lowest BCUT2D eigenvalue weighted by Gasteiger charge is -2.18. The molecule has 0 aliphatic heterocycles. The first-order valence-electron chi connectivity index (χ1n) is 7.23. The van der Waals surface area contributed by atoms with E-state index in [-0.39, 0.29) is 5.92 Å². The molecule has 0 spiro atoms. The minimum atomic E-state index is 0.271. The Labute approximate surface area is 124 Å². The first-order chi connectivity index (χ1) is 10.2. The standard InChI is InChI=1S/C17H19N3O/c1-11(2)12-4-6-13(7-5-12)14-10-15-16(17(20-14)21-3)19-9-8-18-15/h4-6,8-11,13H,7H2,1-3H3. The second-order valence-corrected chi connectivity index (χ2v) is 5.54. The zero-order valence-corrected chi connectivity index (χ0v) is 12.6. The van der Waals surface area contributed by atoms with Gasteiger partial charge in [0.15, 0.2) is 5.52 Å². The van der Waals surface area contributed by atoms with Crippen molar-refractivity contribution in [2.45, 2.75) is 26.2 Å². The maximum absolute atomic E-state index is 5.37. The fourth-order valence-electron chi connectivity index (χ4n) is 2.58.